The lowest BCUT2D eigenvalue weighted by atomic mass is 10.1. The molecule has 6 heteroatoms. The van der Waals surface area contributed by atoms with Crippen molar-refractivity contribution in [1.29, 1.82) is 0 Å². The van der Waals surface area contributed by atoms with E-state index in [4.69, 9.17) is 4.74 Å². The van der Waals surface area contributed by atoms with Crippen molar-refractivity contribution in [2.45, 2.75) is 39.3 Å². The second-order valence-corrected chi connectivity index (χ2v) is 6.50. The van der Waals surface area contributed by atoms with Gasteiger partial charge >= 0.3 is 6.03 Å². The van der Waals surface area contributed by atoms with Crippen LogP contribution in [0.25, 0.3) is 0 Å². The van der Waals surface area contributed by atoms with Gasteiger partial charge in [0.2, 0.25) is 0 Å². The number of aryl methyl sites for hydroxylation is 2. The van der Waals surface area contributed by atoms with Gasteiger partial charge in [0.15, 0.2) is 0 Å². The van der Waals surface area contributed by atoms with Crippen LogP contribution in [0.1, 0.15) is 42.5 Å². The van der Waals surface area contributed by atoms with Gasteiger partial charge in [-0.2, -0.15) is 5.10 Å². The number of nitrogens with one attached hydrogen (secondary N) is 1. The van der Waals surface area contributed by atoms with Crippen molar-refractivity contribution in [2.24, 2.45) is 7.05 Å². The van der Waals surface area contributed by atoms with Gasteiger partial charge in [-0.05, 0) is 38.3 Å². The molecule has 1 N–H and O–H groups in total. The molecule has 1 saturated heterocycles. The molecule has 6 nitrogen and oxygen atoms in total. The molecule has 1 fully saturated rings. The summed E-state index contributed by atoms with van der Waals surface area (Å²) in [4.78, 5) is 14.6. The summed E-state index contributed by atoms with van der Waals surface area (Å²) >= 11 is 0. The normalized spacial score (nSPS) is 16.9. The summed E-state index contributed by atoms with van der Waals surface area (Å²) < 4.78 is 7.48. The molecule has 2 heterocycles. The van der Waals surface area contributed by atoms with E-state index in [1.807, 2.05) is 56.4 Å². The third kappa shape index (κ3) is 3.95. The third-order valence-corrected chi connectivity index (χ3v) is 4.58. The molecule has 0 aliphatic carbocycles. The van der Waals surface area contributed by atoms with Gasteiger partial charge < -0.3 is 15.0 Å². The van der Waals surface area contributed by atoms with E-state index >= 15 is 0 Å². The van der Waals surface area contributed by atoms with Crippen LogP contribution in [0, 0.1) is 6.92 Å². The zero-order valence-electron chi connectivity index (χ0n) is 15.2. The molecule has 0 saturated carbocycles. The Labute approximate surface area is 148 Å². The van der Waals surface area contributed by atoms with E-state index in [0.29, 0.717) is 13.2 Å². The molecule has 1 aliphatic heterocycles. The molecule has 0 unspecified atom stereocenters. The third-order valence-electron chi connectivity index (χ3n) is 4.58. The zero-order chi connectivity index (χ0) is 17.8. The molecule has 1 aromatic heterocycles. The summed E-state index contributed by atoms with van der Waals surface area (Å²) in [7, 11) is 1.90. The van der Waals surface area contributed by atoms with Gasteiger partial charge in [0.05, 0.1) is 18.8 Å². The summed E-state index contributed by atoms with van der Waals surface area (Å²) in [6.07, 6.45) is 5.84. The first kappa shape index (κ1) is 17.3. The van der Waals surface area contributed by atoms with Crippen molar-refractivity contribution >= 4 is 6.03 Å². The minimum atomic E-state index is -0.0330. The monoisotopic (exact) mass is 342 g/mol. The minimum Gasteiger partial charge on any atom is -0.494 e. The van der Waals surface area contributed by atoms with Crippen molar-refractivity contribution in [2.75, 3.05) is 13.2 Å². The molecule has 0 bridgehead atoms. The molecular formula is C19H26N4O2. The molecule has 2 aromatic rings. The van der Waals surface area contributed by atoms with E-state index in [-0.39, 0.29) is 12.1 Å². The number of hydrogen-bond donors (Lipinski definition) is 1. The Balaban J connectivity index is 1.66. The quantitative estimate of drug-likeness (QED) is 0.908. The van der Waals surface area contributed by atoms with Crippen LogP contribution >= 0.6 is 0 Å². The van der Waals surface area contributed by atoms with Crippen LogP contribution < -0.4 is 10.1 Å². The van der Waals surface area contributed by atoms with E-state index in [9.17, 15) is 4.79 Å². The van der Waals surface area contributed by atoms with Crippen LogP contribution in [0.2, 0.25) is 0 Å². The summed E-state index contributed by atoms with van der Waals surface area (Å²) in [5.74, 6) is 0.841. The first-order valence-corrected chi connectivity index (χ1v) is 8.84. The molecule has 2 amide bonds. The topological polar surface area (TPSA) is 59.4 Å². The fraction of sp³-hybridized carbons (Fsp3) is 0.474. The van der Waals surface area contributed by atoms with E-state index in [1.165, 1.54) is 0 Å². The maximum atomic E-state index is 12.7. The average Bonchev–Trinajstić information content (AvgIpc) is 3.22. The Bertz CT molecular complexity index is 741. The van der Waals surface area contributed by atoms with Crippen molar-refractivity contribution in [1.82, 2.24) is 20.0 Å². The minimum absolute atomic E-state index is 0.0330. The van der Waals surface area contributed by atoms with Crippen LogP contribution in [-0.4, -0.2) is 33.9 Å². The van der Waals surface area contributed by atoms with Gasteiger partial charge in [0, 0.05) is 37.5 Å². The molecule has 1 aromatic carbocycles. The van der Waals surface area contributed by atoms with Crippen molar-refractivity contribution < 1.29 is 9.53 Å². The fourth-order valence-electron chi connectivity index (χ4n) is 3.34. The largest absolute Gasteiger partial charge is 0.494 e. The number of aromatic nitrogens is 2. The van der Waals surface area contributed by atoms with E-state index in [0.717, 1.165) is 41.8 Å². The van der Waals surface area contributed by atoms with E-state index in [2.05, 4.69) is 10.4 Å². The van der Waals surface area contributed by atoms with Crippen LogP contribution in [0.4, 0.5) is 4.79 Å². The number of ether oxygens (including phenoxy) is 1. The van der Waals surface area contributed by atoms with Crippen molar-refractivity contribution in [3.8, 4) is 5.75 Å². The van der Waals surface area contributed by atoms with Crippen LogP contribution in [0.3, 0.4) is 0 Å². The SMILES string of the molecule is CCOc1cc(C)ccc1CNC(=O)N1CCC[C@@H]1c1cnn(C)c1. The first-order valence-electron chi connectivity index (χ1n) is 8.84. The van der Waals surface area contributed by atoms with Gasteiger partial charge in [0.25, 0.3) is 0 Å². The van der Waals surface area contributed by atoms with Crippen LogP contribution in [0.5, 0.6) is 5.75 Å². The van der Waals surface area contributed by atoms with Gasteiger partial charge in [-0.25, -0.2) is 4.79 Å². The van der Waals surface area contributed by atoms with E-state index < -0.39 is 0 Å². The molecule has 134 valence electrons. The Hall–Kier alpha value is -2.50. The maximum absolute atomic E-state index is 12.7. The molecular weight excluding hydrogens is 316 g/mol. The number of carbonyl (C=O) groups excluding carboxylic acids is 1. The summed E-state index contributed by atoms with van der Waals surface area (Å²) in [5, 5.41) is 7.28. The van der Waals surface area contributed by atoms with Crippen LogP contribution in [-0.2, 0) is 13.6 Å². The molecule has 1 atom stereocenters. The standard InChI is InChI=1S/C19H26N4O2/c1-4-25-18-10-14(2)7-8-15(18)11-20-19(24)23-9-5-6-17(23)16-12-21-22(3)13-16/h7-8,10,12-13,17H,4-6,9,11H2,1-3H3,(H,20,24)/t17-/m1/s1. The van der Waals surface area contributed by atoms with E-state index in [1.54, 1.807) is 4.68 Å². The number of carbonyl (C=O) groups is 1. The lowest BCUT2D eigenvalue weighted by Gasteiger charge is -2.24. The maximum Gasteiger partial charge on any atom is 0.318 e. The number of urea groups is 1. The Morgan fingerprint density at radius 3 is 3.00 bits per heavy atom. The molecule has 0 spiro atoms. The smallest absolute Gasteiger partial charge is 0.318 e. The van der Waals surface area contributed by atoms with Gasteiger partial charge in [-0.3, -0.25) is 4.68 Å². The predicted octanol–water partition coefficient (Wildman–Crippen LogP) is 3.17. The molecule has 3 rings (SSSR count). The highest BCUT2D eigenvalue weighted by molar-refractivity contribution is 5.75. The Morgan fingerprint density at radius 2 is 2.28 bits per heavy atom. The van der Waals surface area contributed by atoms with Gasteiger partial charge in [-0.1, -0.05) is 12.1 Å². The second-order valence-electron chi connectivity index (χ2n) is 6.50. The molecule has 0 radical (unpaired) electrons. The highest BCUT2D eigenvalue weighted by Crippen LogP contribution is 2.31. The number of hydrogen-bond acceptors (Lipinski definition) is 3. The van der Waals surface area contributed by atoms with Crippen molar-refractivity contribution in [3.63, 3.8) is 0 Å². The van der Waals surface area contributed by atoms with Gasteiger partial charge in [-0.15, -0.1) is 0 Å². The zero-order valence-corrected chi connectivity index (χ0v) is 15.2. The number of benzene rings is 1. The lowest BCUT2D eigenvalue weighted by Crippen LogP contribution is -2.39. The fourth-order valence-corrected chi connectivity index (χ4v) is 3.34. The number of amides is 2. The number of nitrogens with zero attached hydrogens (tertiary/aromatic N) is 3. The van der Waals surface area contributed by atoms with Crippen LogP contribution in [0.15, 0.2) is 30.6 Å². The number of rotatable bonds is 5. The summed E-state index contributed by atoms with van der Waals surface area (Å²) in [6.45, 7) is 5.85. The highest BCUT2D eigenvalue weighted by atomic mass is 16.5. The Morgan fingerprint density at radius 1 is 1.44 bits per heavy atom. The Kier molecular flexibility index (Phi) is 5.26. The average molecular weight is 342 g/mol. The lowest BCUT2D eigenvalue weighted by molar-refractivity contribution is 0.192. The van der Waals surface area contributed by atoms with Gasteiger partial charge in [0.1, 0.15) is 5.75 Å². The number of likely N-dealkylation sites (tertiary alicyclic amines) is 1. The second kappa shape index (κ2) is 7.59. The summed E-state index contributed by atoms with van der Waals surface area (Å²) in [6, 6.07) is 6.15. The van der Waals surface area contributed by atoms with Crippen molar-refractivity contribution in [3.05, 3.63) is 47.3 Å². The predicted molar refractivity (Wildman–Crippen MR) is 96.5 cm³/mol. The summed E-state index contributed by atoms with van der Waals surface area (Å²) in [5.41, 5.74) is 3.24. The molecule has 1 aliphatic rings. The molecule has 25 heavy (non-hydrogen) atoms. The first-order chi connectivity index (χ1) is 12.1. The highest BCUT2D eigenvalue weighted by Gasteiger charge is 2.30.